The normalized spacial score (nSPS) is 11.2. The fraction of sp³-hybridized carbons (Fsp3) is 0.0976. The molecule has 0 saturated heterocycles. The van der Waals surface area contributed by atoms with Crippen molar-refractivity contribution >= 4 is 53.1 Å². The fourth-order valence-corrected chi connectivity index (χ4v) is 6.67. The van der Waals surface area contributed by atoms with Crippen molar-refractivity contribution in [1.82, 2.24) is 9.97 Å². The number of nitriles is 1. The minimum atomic E-state index is 0. The third-order valence-corrected chi connectivity index (χ3v) is 9.19. The van der Waals surface area contributed by atoms with E-state index < -0.39 is 0 Å². The Morgan fingerprint density at radius 3 is 2.07 bits per heavy atom. The average Bonchev–Trinajstić information content (AvgIpc) is 3.46. The van der Waals surface area contributed by atoms with Gasteiger partial charge in [0.05, 0.1) is 6.07 Å². The van der Waals surface area contributed by atoms with Crippen LogP contribution in [0.5, 0.6) is 0 Å². The van der Waals surface area contributed by atoms with Crippen LogP contribution in [0.25, 0.3) is 64.2 Å². The summed E-state index contributed by atoms with van der Waals surface area (Å²) in [4.78, 5) is 8.93. The molecule has 225 valence electrons. The maximum absolute atomic E-state index is 9.03. The van der Waals surface area contributed by atoms with Crippen LogP contribution in [0.15, 0.2) is 122 Å². The molecule has 0 unspecified atom stereocenters. The maximum atomic E-state index is 9.03. The van der Waals surface area contributed by atoms with E-state index in [1.54, 1.807) is 18.3 Å². The summed E-state index contributed by atoms with van der Waals surface area (Å²) in [5, 5.41) is 16.4. The van der Waals surface area contributed by atoms with E-state index in [-0.39, 0.29) is 25.5 Å². The van der Waals surface area contributed by atoms with Gasteiger partial charge in [-0.15, -0.1) is 47.5 Å². The van der Waals surface area contributed by atoms with E-state index in [0.29, 0.717) is 5.56 Å². The number of thiophene rings is 1. The van der Waals surface area contributed by atoms with Gasteiger partial charge in [-0.1, -0.05) is 104 Å². The van der Waals surface area contributed by atoms with Gasteiger partial charge in [0.15, 0.2) is 0 Å². The molecular weight excluding hydrogens is 759 g/mol. The molecule has 5 aromatic carbocycles. The number of fused-ring (bicyclic) bond motifs is 6. The van der Waals surface area contributed by atoms with Crippen LogP contribution in [0.4, 0.5) is 0 Å². The quantitative estimate of drug-likeness (QED) is 0.130. The first-order chi connectivity index (χ1) is 21.9. The zero-order chi connectivity index (χ0) is 31.0. The minimum absolute atomic E-state index is 0. The summed E-state index contributed by atoms with van der Waals surface area (Å²) in [6.45, 7) is 6.68. The first kappa shape index (κ1) is 31.3. The molecule has 0 bridgehead atoms. The summed E-state index contributed by atoms with van der Waals surface area (Å²) in [6.07, 6.45) is 3.56. The molecule has 8 rings (SSSR count). The van der Waals surface area contributed by atoms with Crippen LogP contribution in [0, 0.1) is 23.5 Å². The molecule has 8 aromatic rings. The predicted molar refractivity (Wildman–Crippen MR) is 188 cm³/mol. The van der Waals surface area contributed by atoms with Gasteiger partial charge in [0.2, 0.25) is 0 Å². The van der Waals surface area contributed by atoms with Crippen LogP contribution in [0.1, 0.15) is 31.9 Å². The molecule has 3 nitrogen and oxygen atoms in total. The Kier molecular flexibility index (Phi) is 8.80. The van der Waals surface area contributed by atoms with Gasteiger partial charge in [0, 0.05) is 42.8 Å². The fourth-order valence-electron chi connectivity index (χ4n) is 5.60. The molecule has 3 aromatic heterocycles. The van der Waals surface area contributed by atoms with E-state index in [1.807, 2.05) is 35.7 Å². The number of aromatic nitrogens is 2. The molecule has 0 atom stereocenters. The van der Waals surface area contributed by atoms with Crippen LogP contribution in [0.3, 0.4) is 0 Å². The van der Waals surface area contributed by atoms with E-state index >= 15 is 0 Å². The van der Waals surface area contributed by atoms with Crippen LogP contribution >= 0.6 is 11.3 Å². The molecule has 5 heteroatoms. The van der Waals surface area contributed by atoms with Crippen LogP contribution in [-0.2, 0) is 25.5 Å². The third kappa shape index (κ3) is 6.21. The number of benzene rings is 5. The van der Waals surface area contributed by atoms with Gasteiger partial charge in [0.1, 0.15) is 0 Å². The molecule has 1 radical (unpaired) electrons. The summed E-state index contributed by atoms with van der Waals surface area (Å²) < 4.78 is 2.60. The Labute approximate surface area is 286 Å². The Morgan fingerprint density at radius 1 is 0.630 bits per heavy atom. The number of nitrogens with zero attached hydrogens (tertiary/aromatic N) is 3. The smallest absolute Gasteiger partial charge is 0.0984 e. The van der Waals surface area contributed by atoms with Crippen LogP contribution < -0.4 is 0 Å². The summed E-state index contributed by atoms with van der Waals surface area (Å²) in [7, 11) is 0. The van der Waals surface area contributed by atoms with Crippen molar-refractivity contribution in [2.45, 2.75) is 26.2 Å². The third-order valence-electron chi connectivity index (χ3n) is 8.05. The molecule has 0 fully saturated rings. The Bertz CT molecular complexity index is 2400. The van der Waals surface area contributed by atoms with E-state index in [9.17, 15) is 0 Å². The molecular formula is C41H29IrN3S-2. The topological polar surface area (TPSA) is 49.6 Å². The molecule has 0 aliphatic heterocycles. The van der Waals surface area contributed by atoms with Crippen molar-refractivity contribution in [3.63, 3.8) is 0 Å². The van der Waals surface area contributed by atoms with Crippen molar-refractivity contribution in [2.75, 3.05) is 0 Å². The summed E-state index contributed by atoms with van der Waals surface area (Å²) in [5.74, 6) is 0. The van der Waals surface area contributed by atoms with Crippen LogP contribution in [0.2, 0.25) is 0 Å². The van der Waals surface area contributed by atoms with Gasteiger partial charge < -0.3 is 9.97 Å². The van der Waals surface area contributed by atoms with E-state index in [0.717, 1.165) is 27.9 Å². The molecule has 46 heavy (non-hydrogen) atoms. The second-order valence-electron chi connectivity index (χ2n) is 12.1. The van der Waals surface area contributed by atoms with Crippen molar-refractivity contribution in [3.8, 4) is 28.6 Å². The van der Waals surface area contributed by atoms with Gasteiger partial charge in [-0.25, -0.2) is 0 Å². The van der Waals surface area contributed by atoms with E-state index in [2.05, 4.69) is 128 Å². The molecule has 0 saturated carbocycles. The first-order valence-electron chi connectivity index (χ1n) is 14.9. The molecule has 3 heterocycles. The first-order valence-corrected chi connectivity index (χ1v) is 15.7. The number of pyridine rings is 2. The summed E-state index contributed by atoms with van der Waals surface area (Å²) in [6, 6.07) is 46.2. The van der Waals surface area contributed by atoms with Gasteiger partial charge in [-0.05, 0) is 61.4 Å². The number of hydrogen-bond acceptors (Lipinski definition) is 4. The predicted octanol–water partition coefficient (Wildman–Crippen LogP) is 10.9. The second-order valence-corrected chi connectivity index (χ2v) is 13.2. The standard InChI is InChI=1S/C21H18NS.C20H11N2.Ir/c1-21(2,3)15-10-11-22-18(13-15)14-8-9-20-17(12-14)16-6-4-5-7-19(16)23-20;21-13-14-9-10-22-20(11-14)17-8-7-16-6-5-15-3-1-2-4-18(15)19(16)12-17;/h4-7,9-13H,1-3H3;1-7,9-12H;/q2*-1;. The summed E-state index contributed by atoms with van der Waals surface area (Å²) >= 11 is 1.82. The minimum Gasteiger partial charge on any atom is -0.305 e. The molecule has 0 amide bonds. The van der Waals surface area contributed by atoms with Gasteiger partial charge in [-0.3, -0.25) is 0 Å². The molecule has 0 spiro atoms. The zero-order valence-corrected chi connectivity index (χ0v) is 28.8. The molecule has 0 N–H and O–H groups in total. The van der Waals surface area contributed by atoms with Gasteiger partial charge in [-0.2, -0.15) is 16.6 Å². The maximum Gasteiger partial charge on any atom is 0.0984 e. The van der Waals surface area contributed by atoms with E-state index in [4.69, 9.17) is 5.26 Å². The molecule has 0 aliphatic rings. The zero-order valence-electron chi connectivity index (χ0n) is 25.6. The van der Waals surface area contributed by atoms with Crippen molar-refractivity contribution in [3.05, 3.63) is 145 Å². The Morgan fingerprint density at radius 2 is 1.28 bits per heavy atom. The Balaban J connectivity index is 0.000000158. The monoisotopic (exact) mass is 788 g/mol. The SMILES string of the molecule is CC(C)(C)c1ccnc(-c2[c-]cc3sc4ccccc4c3c2)c1.N#Cc1ccnc(-c2[c-]cc3ccc4ccccc4c3c2)c1.[Ir]. The van der Waals surface area contributed by atoms with Crippen molar-refractivity contribution < 1.29 is 20.1 Å². The number of rotatable bonds is 2. The molecule has 0 aliphatic carbocycles. The second kappa shape index (κ2) is 12.9. The van der Waals surface area contributed by atoms with Crippen molar-refractivity contribution in [2.24, 2.45) is 0 Å². The number of hydrogen-bond donors (Lipinski definition) is 0. The Hall–Kier alpha value is -4.72. The summed E-state index contributed by atoms with van der Waals surface area (Å²) in [5.41, 5.74) is 5.76. The van der Waals surface area contributed by atoms with Crippen molar-refractivity contribution in [1.29, 1.82) is 5.26 Å². The van der Waals surface area contributed by atoms with Crippen LogP contribution in [-0.4, -0.2) is 9.97 Å². The van der Waals surface area contributed by atoms with Gasteiger partial charge in [0.25, 0.3) is 0 Å². The van der Waals surface area contributed by atoms with E-state index in [1.165, 1.54) is 41.9 Å². The largest absolute Gasteiger partial charge is 0.305 e. The average molecular weight is 788 g/mol. The van der Waals surface area contributed by atoms with Gasteiger partial charge >= 0.3 is 0 Å².